The minimum absolute atomic E-state index is 0.130. The minimum Gasteiger partial charge on any atom is -0.385 e. The number of carbonyl (C=O) groups is 1. The number of anilines is 2. The molecule has 0 aliphatic carbocycles. The summed E-state index contributed by atoms with van der Waals surface area (Å²) in [5.74, 6) is 0.130. The molecule has 1 amide bonds. The second kappa shape index (κ2) is 5.71. The molecule has 17 heavy (non-hydrogen) atoms. The van der Waals surface area contributed by atoms with E-state index in [4.69, 9.17) is 0 Å². The molecule has 3 nitrogen and oxygen atoms in total. The topological polar surface area (TPSA) is 41.1 Å². The lowest BCUT2D eigenvalue weighted by Gasteiger charge is -2.21. The molecule has 0 atom stereocenters. The number of hydrogen-bond donors (Lipinski definition) is 2. The number of fused-ring (bicyclic) bond motifs is 1. The first kappa shape index (κ1) is 12.0. The predicted molar refractivity (Wildman–Crippen MR) is 71.4 cm³/mol. The average molecular weight is 232 g/mol. The zero-order chi connectivity index (χ0) is 12.1. The molecule has 0 unspecified atom stereocenters. The Balaban J connectivity index is 2.08. The van der Waals surface area contributed by atoms with Gasteiger partial charge in [0, 0.05) is 24.3 Å². The van der Waals surface area contributed by atoms with Crippen LogP contribution in [0, 0.1) is 0 Å². The van der Waals surface area contributed by atoms with Crippen LogP contribution >= 0.6 is 0 Å². The number of unbranched alkanes of at least 4 members (excludes halogenated alkanes) is 1. The number of carbonyl (C=O) groups excluding carboxylic acids is 1. The summed E-state index contributed by atoms with van der Waals surface area (Å²) >= 11 is 0. The van der Waals surface area contributed by atoms with Crippen molar-refractivity contribution in [1.82, 2.24) is 0 Å². The van der Waals surface area contributed by atoms with Crippen molar-refractivity contribution < 1.29 is 4.79 Å². The molecular formula is C14H20N2O. The number of benzene rings is 1. The first-order valence-electron chi connectivity index (χ1n) is 6.47. The van der Waals surface area contributed by atoms with Gasteiger partial charge in [-0.15, -0.1) is 0 Å². The summed E-state index contributed by atoms with van der Waals surface area (Å²) in [6.45, 7) is 3.13. The van der Waals surface area contributed by atoms with Crippen molar-refractivity contribution in [2.45, 2.75) is 39.0 Å². The Hall–Kier alpha value is -1.51. The first-order valence-corrected chi connectivity index (χ1v) is 6.47. The van der Waals surface area contributed by atoms with Crippen LogP contribution in [0.2, 0.25) is 0 Å². The van der Waals surface area contributed by atoms with Crippen molar-refractivity contribution in [3.63, 3.8) is 0 Å². The third kappa shape index (κ3) is 2.99. The lowest BCUT2D eigenvalue weighted by atomic mass is 10.0. The molecule has 92 valence electrons. The monoisotopic (exact) mass is 232 g/mol. The van der Waals surface area contributed by atoms with E-state index < -0.39 is 0 Å². The highest BCUT2D eigenvalue weighted by molar-refractivity contribution is 5.92. The molecule has 1 aromatic carbocycles. The van der Waals surface area contributed by atoms with Gasteiger partial charge in [0.1, 0.15) is 0 Å². The summed E-state index contributed by atoms with van der Waals surface area (Å²) in [5, 5.41) is 6.39. The van der Waals surface area contributed by atoms with Crippen molar-refractivity contribution in [3.8, 4) is 0 Å². The molecule has 2 rings (SSSR count). The Morgan fingerprint density at radius 2 is 2.35 bits per heavy atom. The van der Waals surface area contributed by atoms with Gasteiger partial charge in [0.2, 0.25) is 5.91 Å². The van der Waals surface area contributed by atoms with Crippen molar-refractivity contribution in [1.29, 1.82) is 0 Å². The quantitative estimate of drug-likeness (QED) is 0.837. The minimum atomic E-state index is 0.130. The maximum Gasteiger partial charge on any atom is 0.224 e. The normalized spacial score (nSPS) is 13.7. The Morgan fingerprint density at radius 3 is 3.18 bits per heavy atom. The Kier molecular flexibility index (Phi) is 4.02. The average Bonchev–Trinajstić information content (AvgIpc) is 2.37. The maximum absolute atomic E-state index is 11.7. The fourth-order valence-electron chi connectivity index (χ4n) is 2.18. The van der Waals surface area contributed by atoms with E-state index in [0.29, 0.717) is 6.42 Å². The van der Waals surface area contributed by atoms with Crippen LogP contribution in [0.5, 0.6) is 0 Å². The lowest BCUT2D eigenvalue weighted by molar-refractivity contribution is -0.116. The second-order valence-electron chi connectivity index (χ2n) is 4.51. The van der Waals surface area contributed by atoms with Crippen LogP contribution in [-0.2, 0) is 11.2 Å². The van der Waals surface area contributed by atoms with Gasteiger partial charge in [-0.2, -0.15) is 0 Å². The van der Waals surface area contributed by atoms with Crippen LogP contribution in [0.4, 0.5) is 11.4 Å². The number of hydrogen-bond acceptors (Lipinski definition) is 2. The summed E-state index contributed by atoms with van der Waals surface area (Å²) in [6, 6.07) is 6.07. The van der Waals surface area contributed by atoms with Gasteiger partial charge in [0.25, 0.3) is 0 Å². The molecule has 1 aromatic rings. The zero-order valence-electron chi connectivity index (χ0n) is 10.4. The summed E-state index contributed by atoms with van der Waals surface area (Å²) in [5.41, 5.74) is 3.41. The first-order chi connectivity index (χ1) is 8.31. The summed E-state index contributed by atoms with van der Waals surface area (Å²) in [4.78, 5) is 11.7. The molecule has 0 spiro atoms. The Labute approximate surface area is 103 Å². The van der Waals surface area contributed by atoms with Gasteiger partial charge >= 0.3 is 0 Å². The van der Waals surface area contributed by atoms with Crippen LogP contribution < -0.4 is 10.6 Å². The molecular weight excluding hydrogens is 212 g/mol. The van der Waals surface area contributed by atoms with E-state index in [0.717, 1.165) is 37.9 Å². The third-order valence-corrected chi connectivity index (χ3v) is 3.13. The molecule has 1 aliphatic heterocycles. The number of rotatable bonds is 4. The van der Waals surface area contributed by atoms with Crippen LogP contribution in [0.3, 0.4) is 0 Å². The third-order valence-electron chi connectivity index (χ3n) is 3.13. The van der Waals surface area contributed by atoms with E-state index in [1.165, 1.54) is 11.3 Å². The fourth-order valence-corrected chi connectivity index (χ4v) is 2.18. The predicted octanol–water partition coefficient (Wildman–Crippen LogP) is 3.17. The summed E-state index contributed by atoms with van der Waals surface area (Å²) in [6.07, 6.45) is 4.82. The van der Waals surface area contributed by atoms with E-state index in [-0.39, 0.29) is 5.91 Å². The van der Waals surface area contributed by atoms with E-state index in [2.05, 4.69) is 23.6 Å². The van der Waals surface area contributed by atoms with Crippen LogP contribution in [-0.4, -0.2) is 12.5 Å². The largest absolute Gasteiger partial charge is 0.385 e. The molecule has 0 radical (unpaired) electrons. The van der Waals surface area contributed by atoms with E-state index in [9.17, 15) is 4.79 Å². The SMILES string of the molecule is CCCCC(=O)Nc1cccc2c1CCCN2. The van der Waals surface area contributed by atoms with Gasteiger partial charge in [-0.25, -0.2) is 0 Å². The Morgan fingerprint density at radius 1 is 1.47 bits per heavy atom. The van der Waals surface area contributed by atoms with Gasteiger partial charge in [0.15, 0.2) is 0 Å². The van der Waals surface area contributed by atoms with E-state index >= 15 is 0 Å². The standard InChI is InChI=1S/C14H20N2O/c1-2-3-9-14(17)16-13-8-4-7-12-11(13)6-5-10-15-12/h4,7-8,15H,2-3,5-6,9-10H2,1H3,(H,16,17). The van der Waals surface area contributed by atoms with Crippen LogP contribution in [0.15, 0.2) is 18.2 Å². The highest BCUT2D eigenvalue weighted by atomic mass is 16.1. The van der Waals surface area contributed by atoms with Gasteiger partial charge in [-0.1, -0.05) is 19.4 Å². The Bertz CT molecular complexity index is 401. The van der Waals surface area contributed by atoms with Crippen molar-refractivity contribution in [2.24, 2.45) is 0 Å². The van der Waals surface area contributed by atoms with E-state index in [1.54, 1.807) is 0 Å². The lowest BCUT2D eigenvalue weighted by Crippen LogP contribution is -2.17. The maximum atomic E-state index is 11.7. The van der Waals surface area contributed by atoms with Gasteiger partial charge in [-0.05, 0) is 37.0 Å². The molecule has 0 fully saturated rings. The molecule has 0 bridgehead atoms. The fraction of sp³-hybridized carbons (Fsp3) is 0.500. The van der Waals surface area contributed by atoms with Gasteiger partial charge < -0.3 is 10.6 Å². The molecule has 0 saturated heterocycles. The highest BCUT2D eigenvalue weighted by Gasteiger charge is 2.13. The smallest absolute Gasteiger partial charge is 0.224 e. The zero-order valence-corrected chi connectivity index (χ0v) is 10.4. The van der Waals surface area contributed by atoms with Crippen LogP contribution in [0.1, 0.15) is 38.2 Å². The highest BCUT2D eigenvalue weighted by Crippen LogP contribution is 2.28. The molecule has 2 N–H and O–H groups in total. The molecule has 3 heteroatoms. The van der Waals surface area contributed by atoms with Crippen molar-refractivity contribution in [3.05, 3.63) is 23.8 Å². The summed E-state index contributed by atoms with van der Waals surface area (Å²) in [7, 11) is 0. The molecule has 1 aliphatic rings. The van der Waals surface area contributed by atoms with Gasteiger partial charge in [-0.3, -0.25) is 4.79 Å². The van der Waals surface area contributed by atoms with Gasteiger partial charge in [0.05, 0.1) is 0 Å². The van der Waals surface area contributed by atoms with E-state index in [1.807, 2.05) is 12.1 Å². The molecule has 0 aromatic heterocycles. The molecule has 1 heterocycles. The number of nitrogens with one attached hydrogen (secondary N) is 2. The van der Waals surface area contributed by atoms with Crippen molar-refractivity contribution in [2.75, 3.05) is 17.2 Å². The second-order valence-corrected chi connectivity index (χ2v) is 4.51. The van der Waals surface area contributed by atoms with Crippen LogP contribution in [0.25, 0.3) is 0 Å². The molecule has 0 saturated carbocycles. The van der Waals surface area contributed by atoms with Crippen molar-refractivity contribution >= 4 is 17.3 Å². The number of amides is 1. The summed E-state index contributed by atoms with van der Waals surface area (Å²) < 4.78 is 0.